The molecule has 0 bridgehead atoms. The third-order valence-corrected chi connectivity index (χ3v) is 6.66. The third-order valence-electron chi connectivity index (χ3n) is 6.66. The van der Waals surface area contributed by atoms with Crippen molar-refractivity contribution in [1.82, 2.24) is 14.5 Å². The lowest BCUT2D eigenvalue weighted by Crippen LogP contribution is -2.41. The van der Waals surface area contributed by atoms with E-state index in [-0.39, 0.29) is 11.7 Å². The van der Waals surface area contributed by atoms with Crippen LogP contribution in [0.25, 0.3) is 11.3 Å². The van der Waals surface area contributed by atoms with Crippen molar-refractivity contribution in [2.24, 2.45) is 5.92 Å². The van der Waals surface area contributed by atoms with E-state index in [9.17, 15) is 18.0 Å². The molecule has 5 rings (SSSR count). The molecule has 0 fully saturated rings. The van der Waals surface area contributed by atoms with Crippen LogP contribution >= 0.6 is 0 Å². The minimum atomic E-state index is -0.918. The number of benzene rings is 3. The molecule has 0 saturated carbocycles. The van der Waals surface area contributed by atoms with Gasteiger partial charge in [-0.25, -0.2) is 18.2 Å². The average molecular weight is 505 g/mol. The summed E-state index contributed by atoms with van der Waals surface area (Å²) in [5, 5.41) is 3.47. The van der Waals surface area contributed by atoms with Crippen molar-refractivity contribution in [3.8, 4) is 11.3 Å². The molecule has 1 aliphatic heterocycles. The van der Waals surface area contributed by atoms with Gasteiger partial charge < -0.3 is 14.8 Å². The Hall–Kier alpha value is -4.07. The van der Waals surface area contributed by atoms with Crippen LogP contribution in [0.4, 0.5) is 24.7 Å². The van der Waals surface area contributed by atoms with Crippen LogP contribution in [0.15, 0.2) is 66.7 Å². The number of carbonyl (C=O) groups is 1. The predicted octanol–water partition coefficient (Wildman–Crippen LogP) is 6.24. The Bertz CT molecular complexity index is 1430. The van der Waals surface area contributed by atoms with Crippen LogP contribution < -0.4 is 5.32 Å². The molecule has 4 aromatic rings. The van der Waals surface area contributed by atoms with E-state index < -0.39 is 17.6 Å². The van der Waals surface area contributed by atoms with E-state index in [4.69, 9.17) is 4.98 Å². The van der Waals surface area contributed by atoms with E-state index in [2.05, 4.69) is 9.88 Å². The van der Waals surface area contributed by atoms with Crippen molar-refractivity contribution in [1.29, 1.82) is 0 Å². The van der Waals surface area contributed by atoms with E-state index in [0.29, 0.717) is 43.1 Å². The number of nitrogens with one attached hydrogen (secondary N) is 1. The maximum Gasteiger partial charge on any atom is 0.226 e. The molecule has 0 saturated heterocycles. The summed E-state index contributed by atoms with van der Waals surface area (Å²) in [6, 6.07) is 17.9. The van der Waals surface area contributed by atoms with Crippen LogP contribution in [0.3, 0.4) is 0 Å². The van der Waals surface area contributed by atoms with Crippen molar-refractivity contribution in [3.05, 3.63) is 101 Å². The van der Waals surface area contributed by atoms with E-state index in [1.807, 2.05) is 31.2 Å². The highest BCUT2D eigenvalue weighted by molar-refractivity contribution is 5.80. The number of halogens is 3. The quantitative estimate of drug-likeness (QED) is 0.338. The van der Waals surface area contributed by atoms with Crippen molar-refractivity contribution >= 4 is 17.4 Å². The second-order valence-corrected chi connectivity index (χ2v) is 9.49. The van der Waals surface area contributed by atoms with E-state index in [0.717, 1.165) is 34.8 Å². The fraction of sp³-hybridized carbons (Fsp3) is 0.241. The van der Waals surface area contributed by atoms with Crippen LogP contribution in [0.1, 0.15) is 23.9 Å². The summed E-state index contributed by atoms with van der Waals surface area (Å²) in [7, 11) is 0. The topological polar surface area (TPSA) is 50.2 Å². The molecular weight excluding hydrogens is 477 g/mol. The Balaban J connectivity index is 1.40. The predicted molar refractivity (Wildman–Crippen MR) is 137 cm³/mol. The number of anilines is 2. The zero-order chi connectivity index (χ0) is 26.1. The van der Waals surface area contributed by atoms with Gasteiger partial charge in [-0.05, 0) is 67.4 Å². The van der Waals surface area contributed by atoms with Gasteiger partial charge in [0.05, 0.1) is 6.54 Å². The zero-order valence-corrected chi connectivity index (χ0v) is 20.6. The van der Waals surface area contributed by atoms with Gasteiger partial charge >= 0.3 is 0 Å². The van der Waals surface area contributed by atoms with Crippen LogP contribution in [0.2, 0.25) is 0 Å². The summed E-state index contributed by atoms with van der Waals surface area (Å²) in [4.78, 5) is 19.9. The number of carbonyl (C=O) groups excluding carboxylic acids is 1. The fourth-order valence-electron chi connectivity index (χ4n) is 4.65. The number of nitrogens with zero attached hydrogens (tertiary/aromatic N) is 3. The van der Waals surface area contributed by atoms with E-state index >= 15 is 0 Å². The standard InChI is InChI=1S/C29H27F3N4O/c1-18-3-10-23(11-4-18)33-28-27(21-6-8-22(30)9-7-21)34-26-17-35(13-14-36(26)28)29(37)19(2)15-20-5-12-24(31)25(32)16-20/h3-12,16,19,33H,13-15,17H2,1-2H3. The number of hydrogen-bond donors (Lipinski definition) is 1. The molecule has 37 heavy (non-hydrogen) atoms. The smallest absolute Gasteiger partial charge is 0.226 e. The summed E-state index contributed by atoms with van der Waals surface area (Å²) >= 11 is 0. The van der Waals surface area contributed by atoms with Crippen LogP contribution in [-0.2, 0) is 24.3 Å². The number of amides is 1. The molecule has 1 N–H and O–H groups in total. The summed E-state index contributed by atoms with van der Waals surface area (Å²) in [5.74, 6) is -1.13. The third kappa shape index (κ3) is 5.23. The Morgan fingerprint density at radius 1 is 0.973 bits per heavy atom. The summed E-state index contributed by atoms with van der Waals surface area (Å²) < 4.78 is 42.6. The minimum absolute atomic E-state index is 0.0737. The second-order valence-electron chi connectivity index (χ2n) is 9.49. The Morgan fingerprint density at radius 2 is 1.70 bits per heavy atom. The maximum absolute atomic E-state index is 13.6. The van der Waals surface area contributed by atoms with Crippen LogP contribution in [-0.4, -0.2) is 26.9 Å². The highest BCUT2D eigenvalue weighted by atomic mass is 19.2. The highest BCUT2D eigenvalue weighted by Crippen LogP contribution is 2.33. The molecule has 3 aromatic carbocycles. The normalized spacial score (nSPS) is 13.8. The number of aryl methyl sites for hydroxylation is 1. The van der Waals surface area contributed by atoms with Gasteiger partial charge in [-0.1, -0.05) is 30.7 Å². The Kier molecular flexibility index (Phi) is 6.74. The van der Waals surface area contributed by atoms with Crippen LogP contribution in [0, 0.1) is 30.3 Å². The molecular formula is C29H27F3N4O. The number of fused-ring (bicyclic) bond motifs is 1. The summed E-state index contributed by atoms with van der Waals surface area (Å²) in [6.07, 6.45) is 0.308. The largest absolute Gasteiger partial charge is 0.340 e. The van der Waals surface area contributed by atoms with Gasteiger partial charge in [0.15, 0.2) is 11.6 Å². The number of aromatic nitrogens is 2. The van der Waals surface area contributed by atoms with Gasteiger partial charge in [0.2, 0.25) is 5.91 Å². The number of rotatable bonds is 6. The van der Waals surface area contributed by atoms with Gasteiger partial charge in [0.25, 0.3) is 0 Å². The zero-order valence-electron chi connectivity index (χ0n) is 20.6. The summed E-state index contributed by atoms with van der Waals surface area (Å²) in [6.45, 7) is 5.13. The molecule has 0 radical (unpaired) electrons. The fourth-order valence-corrected chi connectivity index (χ4v) is 4.65. The number of hydrogen-bond acceptors (Lipinski definition) is 3. The lowest BCUT2D eigenvalue weighted by atomic mass is 9.99. The van der Waals surface area contributed by atoms with Gasteiger partial charge in [-0.15, -0.1) is 0 Å². The van der Waals surface area contributed by atoms with Crippen molar-refractivity contribution in [2.75, 3.05) is 11.9 Å². The average Bonchev–Trinajstić information content (AvgIpc) is 3.25. The molecule has 1 amide bonds. The number of imidazole rings is 1. The molecule has 2 heterocycles. The molecule has 1 atom stereocenters. The molecule has 1 aliphatic rings. The Morgan fingerprint density at radius 3 is 2.41 bits per heavy atom. The lowest BCUT2D eigenvalue weighted by Gasteiger charge is -2.30. The second kappa shape index (κ2) is 10.1. The molecule has 5 nitrogen and oxygen atoms in total. The van der Waals surface area contributed by atoms with Gasteiger partial charge in [-0.3, -0.25) is 4.79 Å². The molecule has 190 valence electrons. The lowest BCUT2D eigenvalue weighted by molar-refractivity contribution is -0.136. The first-order valence-electron chi connectivity index (χ1n) is 12.2. The minimum Gasteiger partial charge on any atom is -0.340 e. The molecule has 1 aromatic heterocycles. The Labute approximate surface area is 213 Å². The first-order valence-corrected chi connectivity index (χ1v) is 12.2. The van der Waals surface area contributed by atoms with Gasteiger partial charge in [0, 0.05) is 30.3 Å². The van der Waals surface area contributed by atoms with E-state index in [1.54, 1.807) is 24.0 Å². The highest BCUT2D eigenvalue weighted by Gasteiger charge is 2.29. The first-order chi connectivity index (χ1) is 17.8. The van der Waals surface area contributed by atoms with Crippen molar-refractivity contribution in [3.63, 3.8) is 0 Å². The van der Waals surface area contributed by atoms with Crippen LogP contribution in [0.5, 0.6) is 0 Å². The SMILES string of the molecule is Cc1ccc(Nc2c(-c3ccc(F)cc3)nc3n2CCN(C(=O)C(C)Cc2ccc(F)c(F)c2)C3)cc1. The molecule has 8 heteroatoms. The molecule has 1 unspecified atom stereocenters. The van der Waals surface area contributed by atoms with E-state index in [1.165, 1.54) is 18.2 Å². The molecule has 0 aliphatic carbocycles. The summed E-state index contributed by atoms with van der Waals surface area (Å²) in [5.41, 5.74) is 4.06. The van der Waals surface area contributed by atoms with Crippen molar-refractivity contribution < 1.29 is 18.0 Å². The van der Waals surface area contributed by atoms with Gasteiger partial charge in [-0.2, -0.15) is 0 Å². The first kappa shape index (κ1) is 24.6. The maximum atomic E-state index is 13.6. The molecule has 0 spiro atoms. The monoisotopic (exact) mass is 504 g/mol. The van der Waals surface area contributed by atoms with Crippen molar-refractivity contribution in [2.45, 2.75) is 33.4 Å². The van der Waals surface area contributed by atoms with Gasteiger partial charge in [0.1, 0.15) is 23.2 Å².